The second kappa shape index (κ2) is 8.27. The van der Waals surface area contributed by atoms with Crippen LogP contribution in [0, 0.1) is 20.8 Å². The number of azo groups is 1. The minimum absolute atomic E-state index is 0.438. The first-order chi connectivity index (χ1) is 13.8. The van der Waals surface area contributed by atoms with E-state index in [1.807, 2.05) is 75.4 Å². The van der Waals surface area contributed by atoms with Crippen LogP contribution in [0.5, 0.6) is 5.75 Å². The van der Waals surface area contributed by atoms with Gasteiger partial charge in [-0.2, -0.15) is 5.11 Å². The van der Waals surface area contributed by atoms with Gasteiger partial charge < -0.3 is 10.5 Å². The van der Waals surface area contributed by atoms with Gasteiger partial charge in [0.05, 0.1) is 5.69 Å². The molecule has 0 saturated heterocycles. The number of hydrogen-bond donors (Lipinski definition) is 1. The summed E-state index contributed by atoms with van der Waals surface area (Å²) < 4.78 is 6.24. The van der Waals surface area contributed by atoms with Crippen LogP contribution in [0.2, 0.25) is 0 Å². The third-order valence-corrected chi connectivity index (χ3v) is 4.83. The Labute approximate surface area is 171 Å². The quantitative estimate of drug-likeness (QED) is 0.542. The Bertz CT molecular complexity index is 1040. The van der Waals surface area contributed by atoms with Gasteiger partial charge in [-0.05, 0) is 63.1 Å². The number of nitrogens with zero attached hydrogens (tertiary/aromatic N) is 2. The first-order valence-electron chi connectivity index (χ1n) is 9.44. The molecule has 0 bridgehead atoms. The van der Waals surface area contributed by atoms with E-state index in [1.54, 1.807) is 19.1 Å². The Morgan fingerprint density at radius 2 is 1.48 bits per heavy atom. The van der Waals surface area contributed by atoms with Crippen molar-refractivity contribution in [2.24, 2.45) is 16.0 Å². The fourth-order valence-corrected chi connectivity index (χ4v) is 3.61. The number of aryl methyl sites for hydroxylation is 3. The lowest BCUT2D eigenvalue weighted by Crippen LogP contribution is -2.44. The maximum atomic E-state index is 12.5. The predicted molar refractivity (Wildman–Crippen MR) is 115 cm³/mol. The number of rotatable bonds is 6. The van der Waals surface area contributed by atoms with Crippen LogP contribution in [-0.2, 0) is 10.4 Å². The van der Waals surface area contributed by atoms with Crippen molar-refractivity contribution in [2.75, 3.05) is 0 Å². The van der Waals surface area contributed by atoms with E-state index < -0.39 is 11.5 Å². The monoisotopic (exact) mass is 387 g/mol. The highest BCUT2D eigenvalue weighted by Crippen LogP contribution is 2.37. The average Bonchev–Trinajstić information content (AvgIpc) is 2.67. The minimum Gasteiger partial charge on any atom is -0.471 e. The second-order valence-corrected chi connectivity index (χ2v) is 7.28. The van der Waals surface area contributed by atoms with Gasteiger partial charge >= 0.3 is 0 Å². The minimum atomic E-state index is -1.35. The van der Waals surface area contributed by atoms with E-state index in [0.29, 0.717) is 11.4 Å². The molecule has 148 valence electrons. The summed E-state index contributed by atoms with van der Waals surface area (Å²) in [6, 6.07) is 20.7. The Morgan fingerprint density at radius 1 is 0.897 bits per heavy atom. The van der Waals surface area contributed by atoms with E-state index in [2.05, 4.69) is 10.2 Å². The summed E-state index contributed by atoms with van der Waals surface area (Å²) in [7, 11) is 0. The molecule has 0 aliphatic carbocycles. The lowest BCUT2D eigenvalue weighted by atomic mass is 9.86. The summed E-state index contributed by atoms with van der Waals surface area (Å²) in [6.45, 7) is 7.64. The van der Waals surface area contributed by atoms with Crippen molar-refractivity contribution in [2.45, 2.75) is 33.3 Å². The molecule has 2 N–H and O–H groups in total. The SMILES string of the molecule is Cc1cc(C)c(C(C)(Oc2ccccc2N=Nc2ccccc2)C(N)=O)c(C)c1. The number of carbonyl (C=O) groups is 1. The average molecular weight is 387 g/mol. The highest BCUT2D eigenvalue weighted by atomic mass is 16.5. The van der Waals surface area contributed by atoms with Crippen molar-refractivity contribution >= 4 is 17.3 Å². The lowest BCUT2D eigenvalue weighted by Gasteiger charge is -2.31. The topological polar surface area (TPSA) is 77.0 Å². The number of carbonyl (C=O) groups excluding carboxylic acids is 1. The van der Waals surface area contributed by atoms with E-state index in [1.165, 1.54) is 0 Å². The Kier molecular flexibility index (Phi) is 5.78. The number of amides is 1. The van der Waals surface area contributed by atoms with Gasteiger partial charge in [0.15, 0.2) is 0 Å². The Balaban J connectivity index is 2.03. The largest absolute Gasteiger partial charge is 0.471 e. The molecule has 3 aromatic rings. The maximum Gasteiger partial charge on any atom is 0.266 e. The number of benzene rings is 3. The van der Waals surface area contributed by atoms with Crippen molar-refractivity contribution in [3.05, 3.63) is 89.0 Å². The number of para-hydroxylation sites is 1. The molecule has 0 radical (unpaired) electrons. The zero-order valence-corrected chi connectivity index (χ0v) is 17.1. The summed E-state index contributed by atoms with van der Waals surface area (Å²) in [5.74, 6) is -0.129. The molecule has 0 aliphatic rings. The van der Waals surface area contributed by atoms with Crippen molar-refractivity contribution in [3.63, 3.8) is 0 Å². The van der Waals surface area contributed by atoms with E-state index in [9.17, 15) is 4.79 Å². The van der Waals surface area contributed by atoms with Crippen LogP contribution in [0.3, 0.4) is 0 Å². The predicted octanol–water partition coefficient (Wildman–Crippen LogP) is 5.81. The fourth-order valence-electron chi connectivity index (χ4n) is 3.61. The van der Waals surface area contributed by atoms with E-state index >= 15 is 0 Å². The molecule has 1 amide bonds. The van der Waals surface area contributed by atoms with E-state index in [-0.39, 0.29) is 0 Å². The van der Waals surface area contributed by atoms with Gasteiger partial charge in [0.1, 0.15) is 11.4 Å². The highest BCUT2D eigenvalue weighted by molar-refractivity contribution is 5.86. The Hall–Kier alpha value is -3.47. The molecule has 0 spiro atoms. The van der Waals surface area contributed by atoms with Gasteiger partial charge in [0, 0.05) is 5.56 Å². The Morgan fingerprint density at radius 3 is 2.10 bits per heavy atom. The van der Waals surface area contributed by atoms with Crippen LogP contribution in [0.4, 0.5) is 11.4 Å². The third kappa shape index (κ3) is 4.35. The van der Waals surface area contributed by atoms with Crippen LogP contribution in [-0.4, -0.2) is 5.91 Å². The van der Waals surface area contributed by atoms with Gasteiger partial charge in [-0.15, -0.1) is 5.11 Å². The molecule has 1 unspecified atom stereocenters. The molecule has 0 aromatic heterocycles. The summed E-state index contributed by atoms with van der Waals surface area (Å²) in [4.78, 5) is 12.5. The van der Waals surface area contributed by atoms with Gasteiger partial charge in [-0.3, -0.25) is 4.79 Å². The summed E-state index contributed by atoms with van der Waals surface area (Å²) in [5.41, 5.74) is 9.51. The van der Waals surface area contributed by atoms with Crippen LogP contribution in [0.1, 0.15) is 29.2 Å². The van der Waals surface area contributed by atoms with Crippen LogP contribution in [0.15, 0.2) is 77.0 Å². The number of primary amides is 1. The molecule has 0 heterocycles. The van der Waals surface area contributed by atoms with Gasteiger partial charge in [0.2, 0.25) is 5.60 Å². The molecule has 0 aliphatic heterocycles. The van der Waals surface area contributed by atoms with Gasteiger partial charge in [0.25, 0.3) is 5.91 Å². The summed E-state index contributed by atoms with van der Waals surface area (Å²) in [6.07, 6.45) is 0. The maximum absolute atomic E-state index is 12.5. The first kappa shape index (κ1) is 20.3. The molecule has 0 fully saturated rings. The molecule has 1 atom stereocenters. The number of ether oxygens (including phenoxy) is 1. The fraction of sp³-hybridized carbons (Fsp3) is 0.208. The van der Waals surface area contributed by atoms with Gasteiger partial charge in [-0.1, -0.05) is 48.0 Å². The van der Waals surface area contributed by atoms with Crippen molar-refractivity contribution in [1.29, 1.82) is 0 Å². The van der Waals surface area contributed by atoms with E-state index in [0.717, 1.165) is 27.9 Å². The molecular weight excluding hydrogens is 362 g/mol. The van der Waals surface area contributed by atoms with E-state index in [4.69, 9.17) is 10.5 Å². The van der Waals surface area contributed by atoms with Crippen LogP contribution >= 0.6 is 0 Å². The smallest absolute Gasteiger partial charge is 0.266 e. The molecule has 3 rings (SSSR count). The first-order valence-corrected chi connectivity index (χ1v) is 9.44. The van der Waals surface area contributed by atoms with Gasteiger partial charge in [-0.25, -0.2) is 0 Å². The lowest BCUT2D eigenvalue weighted by molar-refractivity contribution is -0.132. The van der Waals surface area contributed by atoms with Crippen LogP contribution in [0.25, 0.3) is 0 Å². The third-order valence-electron chi connectivity index (χ3n) is 4.83. The normalized spacial score (nSPS) is 13.2. The molecule has 0 saturated carbocycles. The van der Waals surface area contributed by atoms with Crippen LogP contribution < -0.4 is 10.5 Å². The van der Waals surface area contributed by atoms with Crippen molar-refractivity contribution < 1.29 is 9.53 Å². The summed E-state index contributed by atoms with van der Waals surface area (Å²) >= 11 is 0. The molecule has 5 heteroatoms. The standard InChI is InChI=1S/C24H25N3O2/c1-16-14-17(2)22(18(3)15-16)24(4,23(25)28)29-21-13-9-8-12-20(21)27-26-19-10-6-5-7-11-19/h5-15H,1-4H3,(H2,25,28). The molecule has 5 nitrogen and oxygen atoms in total. The highest BCUT2D eigenvalue weighted by Gasteiger charge is 2.39. The van der Waals surface area contributed by atoms with Crippen molar-refractivity contribution in [1.82, 2.24) is 0 Å². The summed E-state index contributed by atoms with van der Waals surface area (Å²) in [5, 5.41) is 8.58. The zero-order valence-electron chi connectivity index (χ0n) is 17.1. The second-order valence-electron chi connectivity index (χ2n) is 7.28. The number of nitrogens with two attached hydrogens (primary N) is 1. The number of hydrogen-bond acceptors (Lipinski definition) is 4. The molecular formula is C24H25N3O2. The van der Waals surface area contributed by atoms with Crippen molar-refractivity contribution in [3.8, 4) is 5.75 Å². The molecule has 3 aromatic carbocycles. The zero-order chi connectivity index (χ0) is 21.0. The molecule has 29 heavy (non-hydrogen) atoms.